The van der Waals surface area contributed by atoms with Crippen LogP contribution in [0.2, 0.25) is 0 Å². The van der Waals surface area contributed by atoms with Crippen LogP contribution in [0.5, 0.6) is 17.2 Å². The predicted octanol–water partition coefficient (Wildman–Crippen LogP) is 4.27. The van der Waals surface area contributed by atoms with E-state index in [2.05, 4.69) is 5.32 Å². The predicted molar refractivity (Wildman–Crippen MR) is 121 cm³/mol. The lowest BCUT2D eigenvalue weighted by molar-refractivity contribution is -0.125. The van der Waals surface area contributed by atoms with E-state index in [0.29, 0.717) is 36.1 Å². The molecule has 3 rings (SSSR count). The van der Waals surface area contributed by atoms with Crippen LogP contribution in [-0.4, -0.2) is 38.2 Å². The molecule has 2 aromatic rings. The molecule has 0 radical (unpaired) electrons. The standard InChI is InChI=1S/C24H28N2O5/c1-5-13-26-19-10-9-18(15-21(19)31-16(3)24(26)28)25-23(27)12-8-17-7-11-20(30-6-2)22(14-17)29-4/h7-12,14-16H,5-6,13H2,1-4H3,(H,25,27)/b12-8+. The topological polar surface area (TPSA) is 77.1 Å². The van der Waals surface area contributed by atoms with Gasteiger partial charge >= 0.3 is 0 Å². The van der Waals surface area contributed by atoms with Crippen LogP contribution in [0, 0.1) is 0 Å². The number of amides is 2. The highest BCUT2D eigenvalue weighted by Crippen LogP contribution is 2.36. The molecule has 2 aromatic carbocycles. The van der Waals surface area contributed by atoms with Gasteiger partial charge in [0.15, 0.2) is 17.6 Å². The summed E-state index contributed by atoms with van der Waals surface area (Å²) in [6.07, 6.45) is 3.44. The second kappa shape index (κ2) is 10.0. The minimum absolute atomic E-state index is 0.0557. The van der Waals surface area contributed by atoms with Gasteiger partial charge in [0.2, 0.25) is 5.91 Å². The molecule has 0 spiro atoms. The van der Waals surface area contributed by atoms with E-state index in [9.17, 15) is 9.59 Å². The molecule has 1 atom stereocenters. The molecule has 31 heavy (non-hydrogen) atoms. The Morgan fingerprint density at radius 2 is 2.00 bits per heavy atom. The lowest BCUT2D eigenvalue weighted by Gasteiger charge is -2.33. The maximum absolute atomic E-state index is 12.4. The van der Waals surface area contributed by atoms with Crippen molar-refractivity contribution in [2.24, 2.45) is 0 Å². The number of rotatable bonds is 8. The number of hydrogen-bond acceptors (Lipinski definition) is 5. The van der Waals surface area contributed by atoms with E-state index in [1.54, 1.807) is 43.2 Å². The molecule has 1 aliphatic rings. The molecule has 1 heterocycles. The number of hydrogen-bond donors (Lipinski definition) is 1. The van der Waals surface area contributed by atoms with Gasteiger partial charge in [0, 0.05) is 24.4 Å². The van der Waals surface area contributed by atoms with Gasteiger partial charge in [0.05, 0.1) is 19.4 Å². The molecule has 1 unspecified atom stereocenters. The molecule has 7 nitrogen and oxygen atoms in total. The Hall–Kier alpha value is -3.48. The molecule has 1 N–H and O–H groups in total. The Morgan fingerprint density at radius 3 is 2.71 bits per heavy atom. The minimum atomic E-state index is -0.556. The number of methoxy groups -OCH3 is 1. The molecule has 0 aliphatic carbocycles. The minimum Gasteiger partial charge on any atom is -0.493 e. The molecule has 0 bridgehead atoms. The summed E-state index contributed by atoms with van der Waals surface area (Å²) in [5.41, 5.74) is 2.13. The first kappa shape index (κ1) is 22.2. The molecule has 7 heteroatoms. The molecular weight excluding hydrogens is 396 g/mol. The highest BCUT2D eigenvalue weighted by molar-refractivity contribution is 6.03. The van der Waals surface area contributed by atoms with E-state index in [4.69, 9.17) is 14.2 Å². The van der Waals surface area contributed by atoms with Gasteiger partial charge in [-0.25, -0.2) is 0 Å². The average Bonchev–Trinajstić information content (AvgIpc) is 2.76. The van der Waals surface area contributed by atoms with E-state index in [1.807, 2.05) is 32.0 Å². The van der Waals surface area contributed by atoms with Crippen molar-refractivity contribution in [1.29, 1.82) is 0 Å². The summed E-state index contributed by atoms with van der Waals surface area (Å²) in [6, 6.07) is 10.8. The molecule has 0 fully saturated rings. The van der Waals surface area contributed by atoms with Crippen molar-refractivity contribution in [2.75, 3.05) is 30.5 Å². The van der Waals surface area contributed by atoms with Crippen molar-refractivity contribution in [3.05, 3.63) is 48.0 Å². The van der Waals surface area contributed by atoms with Gasteiger partial charge in [-0.2, -0.15) is 0 Å². The van der Waals surface area contributed by atoms with Gasteiger partial charge in [-0.15, -0.1) is 0 Å². The zero-order valence-electron chi connectivity index (χ0n) is 18.3. The maximum atomic E-state index is 12.4. The molecule has 0 aromatic heterocycles. The molecule has 0 saturated heterocycles. The van der Waals surface area contributed by atoms with Crippen LogP contribution in [0.1, 0.15) is 32.8 Å². The lowest BCUT2D eigenvalue weighted by Crippen LogP contribution is -2.44. The summed E-state index contributed by atoms with van der Waals surface area (Å²) in [4.78, 5) is 26.5. The molecule has 164 valence electrons. The average molecular weight is 424 g/mol. The van der Waals surface area contributed by atoms with Crippen LogP contribution >= 0.6 is 0 Å². The van der Waals surface area contributed by atoms with Crippen molar-refractivity contribution >= 4 is 29.3 Å². The number of carbonyl (C=O) groups excluding carboxylic acids is 2. The number of nitrogens with one attached hydrogen (secondary N) is 1. The van der Waals surface area contributed by atoms with Crippen molar-refractivity contribution in [1.82, 2.24) is 0 Å². The van der Waals surface area contributed by atoms with E-state index < -0.39 is 6.10 Å². The summed E-state index contributed by atoms with van der Waals surface area (Å²) in [5, 5.41) is 2.83. The smallest absolute Gasteiger partial charge is 0.267 e. The normalized spacial score (nSPS) is 15.4. The Labute approximate surface area is 182 Å². The zero-order chi connectivity index (χ0) is 22.4. The fourth-order valence-corrected chi connectivity index (χ4v) is 3.36. The first-order valence-electron chi connectivity index (χ1n) is 10.4. The summed E-state index contributed by atoms with van der Waals surface area (Å²) in [5.74, 6) is 1.51. The number of fused-ring (bicyclic) bond motifs is 1. The van der Waals surface area contributed by atoms with Crippen LogP contribution in [-0.2, 0) is 9.59 Å². The number of carbonyl (C=O) groups is 2. The van der Waals surface area contributed by atoms with E-state index in [1.165, 1.54) is 6.08 Å². The quantitative estimate of drug-likeness (QED) is 0.641. The van der Waals surface area contributed by atoms with Crippen LogP contribution in [0.25, 0.3) is 6.08 Å². The molecule has 1 aliphatic heterocycles. The monoisotopic (exact) mass is 424 g/mol. The second-order valence-corrected chi connectivity index (χ2v) is 7.10. The molecule has 2 amide bonds. The zero-order valence-corrected chi connectivity index (χ0v) is 18.3. The summed E-state index contributed by atoms with van der Waals surface area (Å²) in [6.45, 7) is 6.82. The van der Waals surface area contributed by atoms with Crippen molar-refractivity contribution in [3.63, 3.8) is 0 Å². The third-order valence-electron chi connectivity index (χ3n) is 4.80. The fraction of sp³-hybridized carbons (Fsp3) is 0.333. The largest absolute Gasteiger partial charge is 0.493 e. The van der Waals surface area contributed by atoms with E-state index >= 15 is 0 Å². The van der Waals surface area contributed by atoms with E-state index in [-0.39, 0.29) is 11.8 Å². The number of nitrogens with zero attached hydrogens (tertiary/aromatic N) is 1. The van der Waals surface area contributed by atoms with Crippen LogP contribution in [0.15, 0.2) is 42.5 Å². The lowest BCUT2D eigenvalue weighted by atomic mass is 10.1. The third-order valence-corrected chi connectivity index (χ3v) is 4.80. The highest BCUT2D eigenvalue weighted by atomic mass is 16.5. The Kier molecular flexibility index (Phi) is 7.18. The fourth-order valence-electron chi connectivity index (χ4n) is 3.36. The molecule has 0 saturated carbocycles. The summed E-state index contributed by atoms with van der Waals surface area (Å²) >= 11 is 0. The second-order valence-electron chi connectivity index (χ2n) is 7.10. The first-order chi connectivity index (χ1) is 15.0. The van der Waals surface area contributed by atoms with Crippen molar-refractivity contribution in [2.45, 2.75) is 33.3 Å². The van der Waals surface area contributed by atoms with Gasteiger partial charge in [0.25, 0.3) is 5.91 Å². The van der Waals surface area contributed by atoms with Gasteiger partial charge in [-0.05, 0) is 56.2 Å². The summed E-state index contributed by atoms with van der Waals surface area (Å²) < 4.78 is 16.6. The van der Waals surface area contributed by atoms with Crippen LogP contribution in [0.3, 0.4) is 0 Å². The first-order valence-corrected chi connectivity index (χ1v) is 10.4. The van der Waals surface area contributed by atoms with Gasteiger partial charge < -0.3 is 24.4 Å². The highest BCUT2D eigenvalue weighted by Gasteiger charge is 2.31. The Bertz CT molecular complexity index is 986. The van der Waals surface area contributed by atoms with Gasteiger partial charge in [-0.3, -0.25) is 9.59 Å². The number of benzene rings is 2. The summed E-state index contributed by atoms with van der Waals surface area (Å²) in [7, 11) is 1.58. The maximum Gasteiger partial charge on any atom is 0.267 e. The van der Waals surface area contributed by atoms with Crippen molar-refractivity contribution in [3.8, 4) is 17.2 Å². The molecular formula is C24H28N2O5. The number of ether oxygens (including phenoxy) is 3. The number of anilines is 2. The van der Waals surface area contributed by atoms with E-state index in [0.717, 1.165) is 17.7 Å². The van der Waals surface area contributed by atoms with Crippen LogP contribution in [0.4, 0.5) is 11.4 Å². The third kappa shape index (κ3) is 5.17. The SMILES string of the molecule is CCCN1C(=O)C(C)Oc2cc(NC(=O)/C=C/c3ccc(OCC)c(OC)c3)ccc21. The Balaban J connectivity index is 1.71. The van der Waals surface area contributed by atoms with Gasteiger partial charge in [0.1, 0.15) is 5.75 Å². The Morgan fingerprint density at radius 1 is 1.19 bits per heavy atom. The van der Waals surface area contributed by atoms with Crippen LogP contribution < -0.4 is 24.4 Å². The van der Waals surface area contributed by atoms with Gasteiger partial charge in [-0.1, -0.05) is 13.0 Å². The van der Waals surface area contributed by atoms with Crippen molar-refractivity contribution < 1.29 is 23.8 Å².